The van der Waals surface area contributed by atoms with Crippen LogP contribution in [-0.4, -0.2) is 15.7 Å². The largest absolute Gasteiger partial charge is 0.456 e. The van der Waals surface area contributed by atoms with E-state index in [1.165, 1.54) is 0 Å². The van der Waals surface area contributed by atoms with E-state index in [9.17, 15) is 0 Å². The van der Waals surface area contributed by atoms with Crippen LogP contribution in [0.15, 0.2) is 40.8 Å². The van der Waals surface area contributed by atoms with Crippen molar-refractivity contribution in [1.82, 2.24) is 0 Å². The lowest BCUT2D eigenvalue weighted by Crippen LogP contribution is -1.98. The van der Waals surface area contributed by atoms with Gasteiger partial charge in [-0.05, 0) is 12.1 Å². The Balaban J connectivity index is 2.51. The molecule has 0 N–H and O–H groups in total. The van der Waals surface area contributed by atoms with E-state index in [1.54, 1.807) is 0 Å². The van der Waals surface area contributed by atoms with Gasteiger partial charge in [-0.3, -0.25) is 0 Å². The molecule has 3 heteroatoms. The molecular weight excluding hydrogens is 182 g/mol. The predicted octanol–water partition coefficient (Wildman–Crippen LogP) is 1.17. The fraction of sp³-hybridized carbons (Fsp3) is 0. The quantitative estimate of drug-likeness (QED) is 0.482. The highest BCUT2D eigenvalue weighted by atomic mass is 16.3. The number of benzene rings is 2. The third-order valence-electron chi connectivity index (χ3n) is 2.52. The van der Waals surface area contributed by atoms with E-state index < -0.39 is 0 Å². The van der Waals surface area contributed by atoms with Gasteiger partial charge in [0.05, 0.1) is 0 Å². The summed E-state index contributed by atoms with van der Waals surface area (Å²) in [5.41, 5.74) is 3.01. The van der Waals surface area contributed by atoms with E-state index in [4.69, 9.17) is 20.1 Å². The van der Waals surface area contributed by atoms with Gasteiger partial charge in [-0.1, -0.05) is 35.2 Å². The summed E-state index contributed by atoms with van der Waals surface area (Å²) in [7, 11) is 11.4. The van der Waals surface area contributed by atoms with Crippen molar-refractivity contribution in [3.63, 3.8) is 0 Å². The molecule has 0 amide bonds. The normalized spacial score (nSPS) is 11.2. The smallest absolute Gasteiger partial charge is 0.134 e. The highest BCUT2D eigenvalue weighted by Crippen LogP contribution is 2.26. The molecule has 1 aromatic heterocycles. The summed E-state index contributed by atoms with van der Waals surface area (Å²) in [6.07, 6.45) is 0. The Morgan fingerprint density at radius 1 is 0.733 bits per heavy atom. The van der Waals surface area contributed by atoms with Crippen molar-refractivity contribution in [1.29, 1.82) is 0 Å². The molecule has 0 unspecified atom stereocenters. The summed E-state index contributed by atoms with van der Waals surface area (Å²) in [6, 6.07) is 11.3. The second-order valence-corrected chi connectivity index (χ2v) is 3.61. The zero-order chi connectivity index (χ0) is 10.4. The summed E-state index contributed by atoms with van der Waals surface area (Å²) >= 11 is 0. The number of rotatable bonds is 0. The highest BCUT2D eigenvalue weighted by molar-refractivity contribution is 6.34. The maximum atomic E-state index is 5.69. The monoisotopic (exact) mass is 188 g/mol. The molecule has 1 nitrogen and oxygen atoms in total. The third kappa shape index (κ3) is 1.27. The van der Waals surface area contributed by atoms with Gasteiger partial charge in [0.25, 0.3) is 0 Å². The van der Waals surface area contributed by atoms with Crippen LogP contribution in [-0.2, 0) is 0 Å². The lowest BCUT2D eigenvalue weighted by molar-refractivity contribution is 0.669. The van der Waals surface area contributed by atoms with E-state index in [0.29, 0.717) is 10.9 Å². The Bertz CT molecular complexity index is 599. The van der Waals surface area contributed by atoms with Gasteiger partial charge >= 0.3 is 0 Å². The first kappa shape index (κ1) is 8.66. The van der Waals surface area contributed by atoms with Crippen molar-refractivity contribution in [2.45, 2.75) is 0 Å². The second-order valence-electron chi connectivity index (χ2n) is 3.61. The molecule has 0 atom stereocenters. The molecule has 4 radical (unpaired) electrons. The summed E-state index contributed by atoms with van der Waals surface area (Å²) in [5, 5.41) is 2.14. The maximum Gasteiger partial charge on any atom is 0.134 e. The molecule has 0 saturated carbocycles. The van der Waals surface area contributed by atoms with Crippen molar-refractivity contribution in [3.8, 4) is 0 Å². The molecular formula is C12H6B2O. The number of hydrogen-bond donors (Lipinski definition) is 0. The van der Waals surface area contributed by atoms with Gasteiger partial charge in [0.15, 0.2) is 0 Å². The minimum atomic E-state index is 0.703. The van der Waals surface area contributed by atoms with E-state index in [-0.39, 0.29) is 0 Å². The first-order valence-corrected chi connectivity index (χ1v) is 4.71. The fourth-order valence-electron chi connectivity index (χ4n) is 1.81. The van der Waals surface area contributed by atoms with E-state index in [0.717, 1.165) is 21.9 Å². The average molecular weight is 188 g/mol. The number of hydrogen-bond acceptors (Lipinski definition) is 1. The minimum Gasteiger partial charge on any atom is -0.456 e. The van der Waals surface area contributed by atoms with Crippen LogP contribution in [0.4, 0.5) is 0 Å². The molecule has 1 heterocycles. The average Bonchev–Trinajstić information content (AvgIpc) is 2.53. The van der Waals surface area contributed by atoms with Gasteiger partial charge in [0, 0.05) is 10.8 Å². The zero-order valence-electron chi connectivity index (χ0n) is 8.03. The molecule has 0 spiro atoms. The molecule has 0 aliphatic rings. The van der Waals surface area contributed by atoms with Crippen molar-refractivity contribution in [3.05, 3.63) is 36.4 Å². The van der Waals surface area contributed by atoms with Crippen LogP contribution in [0.5, 0.6) is 0 Å². The van der Waals surface area contributed by atoms with Crippen LogP contribution >= 0.6 is 0 Å². The minimum absolute atomic E-state index is 0.703. The fourth-order valence-corrected chi connectivity index (χ4v) is 1.81. The van der Waals surface area contributed by atoms with Crippen molar-refractivity contribution in [2.75, 3.05) is 0 Å². The Morgan fingerprint density at radius 2 is 1.20 bits per heavy atom. The third-order valence-corrected chi connectivity index (χ3v) is 2.52. The number of fused-ring (bicyclic) bond motifs is 3. The SMILES string of the molecule is [B]c1ccc2c(c1)oc1cc([B])ccc12. The Hall–Kier alpha value is -1.63. The molecule has 3 aromatic rings. The van der Waals surface area contributed by atoms with Crippen LogP contribution in [0.1, 0.15) is 0 Å². The summed E-state index contributed by atoms with van der Waals surface area (Å²) in [6.45, 7) is 0. The highest BCUT2D eigenvalue weighted by Gasteiger charge is 2.05. The predicted molar refractivity (Wildman–Crippen MR) is 64.5 cm³/mol. The Labute approximate surface area is 89.9 Å². The lowest BCUT2D eigenvalue weighted by Gasteiger charge is -1.91. The summed E-state index contributed by atoms with van der Waals surface area (Å²) in [4.78, 5) is 0. The molecule has 0 fully saturated rings. The van der Waals surface area contributed by atoms with Crippen LogP contribution in [0.2, 0.25) is 0 Å². The molecule has 15 heavy (non-hydrogen) atoms. The van der Waals surface area contributed by atoms with Gasteiger partial charge in [-0.25, -0.2) is 0 Å². The van der Waals surface area contributed by atoms with Gasteiger partial charge in [0.1, 0.15) is 26.9 Å². The topological polar surface area (TPSA) is 13.1 Å². The van der Waals surface area contributed by atoms with Crippen molar-refractivity contribution >= 4 is 48.6 Å². The lowest BCUT2D eigenvalue weighted by atomic mass is 9.94. The first-order valence-electron chi connectivity index (χ1n) is 4.71. The van der Waals surface area contributed by atoms with Gasteiger partial charge < -0.3 is 4.42 Å². The molecule has 0 bridgehead atoms. The zero-order valence-corrected chi connectivity index (χ0v) is 8.03. The molecule has 2 aromatic carbocycles. The van der Waals surface area contributed by atoms with Crippen molar-refractivity contribution < 1.29 is 4.42 Å². The maximum absolute atomic E-state index is 5.69. The van der Waals surface area contributed by atoms with Gasteiger partial charge in [-0.2, -0.15) is 0 Å². The summed E-state index contributed by atoms with van der Waals surface area (Å²) in [5.74, 6) is 0. The Kier molecular flexibility index (Phi) is 1.69. The van der Waals surface area contributed by atoms with Crippen LogP contribution in [0, 0.1) is 0 Å². The van der Waals surface area contributed by atoms with E-state index >= 15 is 0 Å². The molecule has 3 rings (SSSR count). The standard InChI is InChI=1S/C12H6B2O/c13-7-1-3-9-10-4-2-8(14)6-12(10)15-11(9)5-7/h1-6H. The second kappa shape index (κ2) is 2.93. The van der Waals surface area contributed by atoms with Crippen LogP contribution < -0.4 is 10.9 Å². The van der Waals surface area contributed by atoms with E-state index in [2.05, 4.69) is 0 Å². The van der Waals surface area contributed by atoms with Crippen molar-refractivity contribution in [2.24, 2.45) is 0 Å². The number of furan rings is 1. The first-order chi connectivity index (χ1) is 7.24. The van der Waals surface area contributed by atoms with Crippen LogP contribution in [0.3, 0.4) is 0 Å². The molecule has 0 aliphatic heterocycles. The Morgan fingerprint density at radius 3 is 1.67 bits per heavy atom. The molecule has 0 aliphatic carbocycles. The summed E-state index contributed by atoms with van der Waals surface area (Å²) < 4.78 is 5.65. The molecule has 66 valence electrons. The van der Waals surface area contributed by atoms with Gasteiger partial charge in [0.2, 0.25) is 0 Å². The van der Waals surface area contributed by atoms with E-state index in [1.807, 2.05) is 36.4 Å². The van der Waals surface area contributed by atoms with Gasteiger partial charge in [-0.15, -0.1) is 0 Å². The van der Waals surface area contributed by atoms with Crippen LogP contribution in [0.25, 0.3) is 21.9 Å². The molecule has 0 saturated heterocycles.